The number of rotatable bonds is 5. The van der Waals surface area contributed by atoms with Gasteiger partial charge >= 0.3 is 0 Å². The molecule has 1 fully saturated rings. The molecule has 0 unspecified atom stereocenters. The van der Waals surface area contributed by atoms with Crippen LogP contribution in [0.3, 0.4) is 0 Å². The Balaban J connectivity index is 1.64. The van der Waals surface area contributed by atoms with Crippen LogP contribution in [0.5, 0.6) is 5.75 Å². The highest BCUT2D eigenvalue weighted by Crippen LogP contribution is 2.33. The normalized spacial score (nSPS) is 21.6. The quantitative estimate of drug-likeness (QED) is 0.912. The van der Waals surface area contributed by atoms with Crippen molar-refractivity contribution < 1.29 is 14.2 Å². The summed E-state index contributed by atoms with van der Waals surface area (Å²) < 4.78 is 18.3. The molecule has 1 N–H and O–H groups in total. The largest absolute Gasteiger partial charge is 0.497 e. The lowest BCUT2D eigenvalue weighted by Crippen LogP contribution is -2.40. The lowest BCUT2D eigenvalue weighted by atomic mass is 9.81. The molecular formula is C20H24FNO2. The summed E-state index contributed by atoms with van der Waals surface area (Å²) in [5.74, 6) is 1.13. The minimum atomic E-state index is -0.212. The standard InChI is InChI=1S/C20H24FNO2/c1-24-19-8-2-15(3-9-19)12-22-11-10-20(17(13-22)14-23)16-4-6-18(21)7-5-16/h2-9,17,20,23H,10-14H2,1H3/t17-,20-/m0/s1. The predicted octanol–water partition coefficient (Wildman–Crippen LogP) is 3.43. The highest BCUT2D eigenvalue weighted by atomic mass is 19.1. The average Bonchev–Trinajstić information content (AvgIpc) is 2.63. The van der Waals surface area contributed by atoms with E-state index in [0.29, 0.717) is 5.92 Å². The van der Waals surface area contributed by atoms with Crippen LogP contribution in [0.4, 0.5) is 4.39 Å². The monoisotopic (exact) mass is 329 g/mol. The van der Waals surface area contributed by atoms with Crippen molar-refractivity contribution >= 4 is 0 Å². The first kappa shape index (κ1) is 16.9. The number of benzene rings is 2. The van der Waals surface area contributed by atoms with Gasteiger partial charge in [-0.25, -0.2) is 4.39 Å². The molecule has 4 heteroatoms. The van der Waals surface area contributed by atoms with E-state index in [1.165, 1.54) is 17.7 Å². The zero-order valence-corrected chi connectivity index (χ0v) is 14.0. The van der Waals surface area contributed by atoms with Gasteiger partial charge in [0.15, 0.2) is 0 Å². The first-order valence-corrected chi connectivity index (χ1v) is 8.41. The summed E-state index contributed by atoms with van der Waals surface area (Å²) in [5.41, 5.74) is 2.37. The molecule has 1 heterocycles. The van der Waals surface area contributed by atoms with E-state index in [1.807, 2.05) is 24.3 Å². The van der Waals surface area contributed by atoms with Crippen molar-refractivity contribution in [1.82, 2.24) is 4.90 Å². The van der Waals surface area contributed by atoms with Gasteiger partial charge in [0.25, 0.3) is 0 Å². The number of aliphatic hydroxyl groups is 1. The van der Waals surface area contributed by atoms with Crippen LogP contribution in [0.15, 0.2) is 48.5 Å². The molecule has 0 aliphatic carbocycles. The van der Waals surface area contributed by atoms with Crippen molar-refractivity contribution in [3.8, 4) is 5.75 Å². The average molecular weight is 329 g/mol. The highest BCUT2D eigenvalue weighted by Gasteiger charge is 2.29. The maximum absolute atomic E-state index is 13.1. The molecule has 2 atom stereocenters. The summed E-state index contributed by atoms with van der Waals surface area (Å²) in [5, 5.41) is 9.81. The summed E-state index contributed by atoms with van der Waals surface area (Å²) in [6.07, 6.45) is 0.979. The van der Waals surface area contributed by atoms with E-state index in [-0.39, 0.29) is 18.3 Å². The Morgan fingerprint density at radius 2 is 1.83 bits per heavy atom. The Bertz CT molecular complexity index is 642. The van der Waals surface area contributed by atoms with E-state index in [2.05, 4.69) is 17.0 Å². The summed E-state index contributed by atoms with van der Waals surface area (Å²) in [4.78, 5) is 2.38. The lowest BCUT2D eigenvalue weighted by molar-refractivity contribution is 0.0972. The Hall–Kier alpha value is -1.91. The molecule has 128 valence electrons. The van der Waals surface area contributed by atoms with Gasteiger partial charge in [-0.05, 0) is 54.3 Å². The maximum Gasteiger partial charge on any atom is 0.123 e. The second kappa shape index (κ2) is 7.77. The molecule has 24 heavy (non-hydrogen) atoms. The molecule has 0 radical (unpaired) electrons. The van der Waals surface area contributed by atoms with Crippen molar-refractivity contribution in [3.63, 3.8) is 0 Å². The number of halogens is 1. The van der Waals surface area contributed by atoms with Crippen LogP contribution in [-0.4, -0.2) is 36.8 Å². The number of piperidine rings is 1. The third-order valence-electron chi connectivity index (χ3n) is 4.92. The van der Waals surface area contributed by atoms with Gasteiger partial charge in [-0.15, -0.1) is 0 Å². The van der Waals surface area contributed by atoms with E-state index in [1.54, 1.807) is 7.11 Å². The molecule has 0 bridgehead atoms. The summed E-state index contributed by atoms with van der Waals surface area (Å²) >= 11 is 0. The molecular weight excluding hydrogens is 305 g/mol. The molecule has 3 nitrogen and oxygen atoms in total. The number of nitrogens with zero attached hydrogens (tertiary/aromatic N) is 1. The van der Waals surface area contributed by atoms with Gasteiger partial charge in [-0.2, -0.15) is 0 Å². The SMILES string of the molecule is COc1ccc(CN2CC[C@@H](c3ccc(F)cc3)[C@H](CO)C2)cc1. The molecule has 1 aliphatic rings. The lowest BCUT2D eigenvalue weighted by Gasteiger charge is -2.38. The molecule has 0 amide bonds. The second-order valence-electron chi connectivity index (χ2n) is 6.47. The molecule has 3 rings (SSSR count). The van der Waals surface area contributed by atoms with Crippen molar-refractivity contribution in [2.75, 3.05) is 26.8 Å². The summed E-state index contributed by atoms with van der Waals surface area (Å²) in [6.45, 7) is 2.85. The smallest absolute Gasteiger partial charge is 0.123 e. The summed E-state index contributed by atoms with van der Waals surface area (Å²) in [7, 11) is 1.67. The number of likely N-dealkylation sites (tertiary alicyclic amines) is 1. The van der Waals surface area contributed by atoms with Gasteiger partial charge in [0.2, 0.25) is 0 Å². The van der Waals surface area contributed by atoms with E-state index >= 15 is 0 Å². The Labute approximate surface area is 142 Å². The zero-order chi connectivity index (χ0) is 16.9. The Kier molecular flexibility index (Phi) is 5.48. The molecule has 0 spiro atoms. The van der Waals surface area contributed by atoms with Gasteiger partial charge in [0.1, 0.15) is 11.6 Å². The van der Waals surface area contributed by atoms with Crippen molar-refractivity contribution in [2.24, 2.45) is 5.92 Å². The minimum Gasteiger partial charge on any atom is -0.497 e. The first-order valence-electron chi connectivity index (χ1n) is 8.41. The fourth-order valence-corrected chi connectivity index (χ4v) is 3.57. The summed E-state index contributed by atoms with van der Waals surface area (Å²) in [6, 6.07) is 14.8. The van der Waals surface area contributed by atoms with Crippen LogP contribution < -0.4 is 4.74 Å². The van der Waals surface area contributed by atoms with Crippen LogP contribution in [0.1, 0.15) is 23.5 Å². The third kappa shape index (κ3) is 3.94. The van der Waals surface area contributed by atoms with Gasteiger partial charge in [0.05, 0.1) is 7.11 Å². The molecule has 2 aromatic carbocycles. The van der Waals surface area contributed by atoms with Gasteiger partial charge in [-0.3, -0.25) is 4.90 Å². The van der Waals surface area contributed by atoms with E-state index in [4.69, 9.17) is 4.74 Å². The predicted molar refractivity (Wildman–Crippen MR) is 92.6 cm³/mol. The fourth-order valence-electron chi connectivity index (χ4n) is 3.57. The number of ether oxygens (including phenoxy) is 1. The number of hydrogen-bond donors (Lipinski definition) is 1. The maximum atomic E-state index is 13.1. The van der Waals surface area contributed by atoms with Crippen LogP contribution in [0, 0.1) is 11.7 Å². The van der Waals surface area contributed by atoms with Crippen molar-refractivity contribution in [3.05, 3.63) is 65.5 Å². The van der Waals surface area contributed by atoms with Crippen LogP contribution in [0.25, 0.3) is 0 Å². The second-order valence-corrected chi connectivity index (χ2v) is 6.47. The number of aliphatic hydroxyl groups excluding tert-OH is 1. The topological polar surface area (TPSA) is 32.7 Å². The van der Waals surface area contributed by atoms with Crippen LogP contribution in [-0.2, 0) is 6.54 Å². The van der Waals surface area contributed by atoms with Crippen LogP contribution in [0.2, 0.25) is 0 Å². The van der Waals surface area contributed by atoms with Crippen molar-refractivity contribution in [2.45, 2.75) is 18.9 Å². The van der Waals surface area contributed by atoms with Gasteiger partial charge in [0, 0.05) is 25.6 Å². The molecule has 0 aromatic heterocycles. The molecule has 1 aliphatic heterocycles. The van der Waals surface area contributed by atoms with Gasteiger partial charge < -0.3 is 9.84 Å². The third-order valence-corrected chi connectivity index (χ3v) is 4.92. The van der Waals surface area contributed by atoms with Crippen LogP contribution >= 0.6 is 0 Å². The zero-order valence-electron chi connectivity index (χ0n) is 14.0. The Morgan fingerprint density at radius 1 is 1.12 bits per heavy atom. The molecule has 2 aromatic rings. The van der Waals surface area contributed by atoms with E-state index in [9.17, 15) is 9.50 Å². The minimum absolute atomic E-state index is 0.154. The first-order chi connectivity index (χ1) is 11.7. The fraction of sp³-hybridized carbons (Fsp3) is 0.400. The highest BCUT2D eigenvalue weighted by molar-refractivity contribution is 5.27. The number of methoxy groups -OCH3 is 1. The van der Waals surface area contributed by atoms with E-state index in [0.717, 1.165) is 37.4 Å². The molecule has 0 saturated carbocycles. The number of hydrogen-bond acceptors (Lipinski definition) is 3. The van der Waals surface area contributed by atoms with Gasteiger partial charge in [-0.1, -0.05) is 24.3 Å². The molecule has 1 saturated heterocycles. The van der Waals surface area contributed by atoms with E-state index < -0.39 is 0 Å². The Morgan fingerprint density at radius 3 is 2.46 bits per heavy atom. The van der Waals surface area contributed by atoms with Crippen molar-refractivity contribution in [1.29, 1.82) is 0 Å².